The van der Waals surface area contributed by atoms with E-state index in [0.29, 0.717) is 23.8 Å². The maximum Gasteiger partial charge on any atom is 0.255 e. The molecule has 5 nitrogen and oxygen atoms in total. The quantitative estimate of drug-likeness (QED) is 0.419. The van der Waals surface area contributed by atoms with Gasteiger partial charge in [-0.25, -0.2) is 9.37 Å². The van der Waals surface area contributed by atoms with Crippen molar-refractivity contribution in [3.63, 3.8) is 0 Å². The van der Waals surface area contributed by atoms with E-state index in [1.165, 1.54) is 28.4 Å². The minimum Gasteiger partial charge on any atom is -0.331 e. The minimum atomic E-state index is -0.808. The summed E-state index contributed by atoms with van der Waals surface area (Å²) in [5, 5.41) is 10.2. The van der Waals surface area contributed by atoms with Gasteiger partial charge in [0.1, 0.15) is 0 Å². The summed E-state index contributed by atoms with van der Waals surface area (Å²) in [7, 11) is 0. The highest BCUT2D eigenvalue weighted by Crippen LogP contribution is 2.28. The third-order valence-corrected chi connectivity index (χ3v) is 5.25. The second-order valence-electron chi connectivity index (χ2n) is 5.35. The molecule has 1 aromatic heterocycles. The van der Waals surface area contributed by atoms with Gasteiger partial charge in [0.25, 0.3) is 5.91 Å². The van der Waals surface area contributed by atoms with E-state index < -0.39 is 11.7 Å². The smallest absolute Gasteiger partial charge is 0.255 e. The number of rotatable bonds is 2. The molecular formula is C18H19Cl2FN4OS. The van der Waals surface area contributed by atoms with E-state index >= 15 is 0 Å². The van der Waals surface area contributed by atoms with Crippen molar-refractivity contribution < 1.29 is 9.18 Å². The van der Waals surface area contributed by atoms with E-state index in [-0.39, 0.29) is 28.0 Å². The summed E-state index contributed by atoms with van der Waals surface area (Å²) in [5.41, 5.74) is 0.644. The van der Waals surface area contributed by atoms with Crippen LogP contribution in [0.15, 0.2) is 36.0 Å². The van der Waals surface area contributed by atoms with Crippen LogP contribution >= 0.6 is 34.5 Å². The highest BCUT2D eigenvalue weighted by Gasteiger charge is 2.29. The monoisotopic (exact) mass is 428 g/mol. The normalized spacial score (nSPS) is 13.9. The maximum absolute atomic E-state index is 13.8. The second-order valence-corrected chi connectivity index (χ2v) is 7.03. The molecule has 1 saturated heterocycles. The predicted octanol–water partition coefficient (Wildman–Crippen LogP) is 4.91. The number of hydrogen-bond acceptors (Lipinski definition) is 4. The fourth-order valence-electron chi connectivity index (χ4n) is 2.52. The molecular weight excluding hydrogens is 410 g/mol. The Morgan fingerprint density at radius 1 is 1.33 bits per heavy atom. The molecule has 2 heterocycles. The molecule has 1 aliphatic rings. The van der Waals surface area contributed by atoms with Gasteiger partial charge >= 0.3 is 0 Å². The lowest BCUT2D eigenvalue weighted by atomic mass is 10.1. The number of piperazine rings is 1. The maximum atomic E-state index is 13.8. The fraction of sp³-hybridized carbons (Fsp3) is 0.278. The Bertz CT molecular complexity index is 857. The first-order valence-electron chi connectivity index (χ1n) is 8.26. The lowest BCUT2D eigenvalue weighted by molar-refractivity contribution is 0.0727. The summed E-state index contributed by atoms with van der Waals surface area (Å²) in [5.74, 6) is -0.956. The van der Waals surface area contributed by atoms with E-state index in [4.69, 9.17) is 28.6 Å². The van der Waals surface area contributed by atoms with Gasteiger partial charge in [0.05, 0.1) is 22.2 Å². The van der Waals surface area contributed by atoms with Crippen LogP contribution < -0.4 is 0 Å². The molecule has 0 unspecified atom stereocenters. The van der Waals surface area contributed by atoms with Gasteiger partial charge in [-0.05, 0) is 12.1 Å². The molecule has 0 spiro atoms. The first kappa shape index (κ1) is 21.3. The summed E-state index contributed by atoms with van der Waals surface area (Å²) < 4.78 is 13.8. The van der Waals surface area contributed by atoms with Crippen LogP contribution in [-0.2, 0) is 0 Å². The Morgan fingerprint density at radius 3 is 2.63 bits per heavy atom. The highest BCUT2D eigenvalue weighted by atomic mass is 35.5. The molecule has 9 heteroatoms. The van der Waals surface area contributed by atoms with E-state index in [2.05, 4.69) is 11.6 Å². The van der Waals surface area contributed by atoms with Gasteiger partial charge in [0.15, 0.2) is 16.7 Å². The number of amides is 1. The molecule has 0 saturated carbocycles. The molecule has 0 atom stereocenters. The molecule has 1 aliphatic heterocycles. The fourth-order valence-corrected chi connectivity index (χ4v) is 3.57. The molecule has 1 amide bonds. The van der Waals surface area contributed by atoms with Crippen molar-refractivity contribution in [3.05, 3.63) is 62.4 Å². The molecule has 1 N–H and O–H groups in total. The van der Waals surface area contributed by atoms with Crippen molar-refractivity contribution in [2.24, 2.45) is 0 Å². The van der Waals surface area contributed by atoms with Crippen LogP contribution in [0, 0.1) is 11.2 Å². The van der Waals surface area contributed by atoms with E-state index in [1.807, 2.05) is 13.8 Å². The van der Waals surface area contributed by atoms with Crippen molar-refractivity contribution in [1.82, 2.24) is 14.8 Å². The van der Waals surface area contributed by atoms with Crippen LogP contribution in [0.5, 0.6) is 0 Å². The average molecular weight is 429 g/mol. The molecule has 27 heavy (non-hydrogen) atoms. The lowest BCUT2D eigenvalue weighted by Crippen LogP contribution is -2.49. The number of carbonyl (C=O) groups excluding carboxylic acids is 1. The lowest BCUT2D eigenvalue weighted by Gasteiger charge is -2.37. The Kier molecular flexibility index (Phi) is 7.35. The number of nitrogens with zero attached hydrogens (tertiary/aromatic N) is 3. The molecule has 0 aliphatic carbocycles. The zero-order valence-electron chi connectivity index (χ0n) is 14.9. The summed E-state index contributed by atoms with van der Waals surface area (Å²) >= 11 is 12.9. The Labute approximate surface area is 171 Å². The van der Waals surface area contributed by atoms with Crippen molar-refractivity contribution in [3.8, 4) is 0 Å². The Balaban J connectivity index is 0.00000126. The second kappa shape index (κ2) is 9.30. The van der Waals surface area contributed by atoms with Crippen LogP contribution in [0.25, 0.3) is 0 Å². The summed E-state index contributed by atoms with van der Waals surface area (Å²) in [6.07, 6.45) is 1.63. The molecule has 1 fully saturated rings. The number of carbonyl (C=O) groups is 1. The van der Waals surface area contributed by atoms with Gasteiger partial charge < -0.3 is 9.80 Å². The Hall–Kier alpha value is -1.96. The van der Waals surface area contributed by atoms with Gasteiger partial charge in [0.2, 0.25) is 0 Å². The topological polar surface area (TPSA) is 60.3 Å². The number of nitrogens with one attached hydrogen (secondary N) is 1. The molecule has 0 radical (unpaired) electrons. The van der Waals surface area contributed by atoms with Gasteiger partial charge in [-0.1, -0.05) is 43.6 Å². The molecule has 144 valence electrons. The van der Waals surface area contributed by atoms with Gasteiger partial charge in [-0.3, -0.25) is 10.2 Å². The molecule has 3 rings (SSSR count). The van der Waals surface area contributed by atoms with Crippen LogP contribution in [0.4, 0.5) is 4.39 Å². The van der Waals surface area contributed by atoms with E-state index in [9.17, 15) is 9.18 Å². The van der Waals surface area contributed by atoms with Crippen molar-refractivity contribution in [2.45, 2.75) is 13.8 Å². The number of thiazole rings is 1. The summed E-state index contributed by atoms with van der Waals surface area (Å²) in [6.45, 7) is 8.92. The molecule has 2 aromatic rings. The van der Waals surface area contributed by atoms with Gasteiger partial charge in [-0.15, -0.1) is 11.3 Å². The first-order valence-corrected chi connectivity index (χ1v) is 9.90. The minimum absolute atomic E-state index is 0.0554. The van der Waals surface area contributed by atoms with Crippen LogP contribution in [0.1, 0.15) is 29.2 Å². The number of hydrogen-bond donors (Lipinski definition) is 1. The number of aromatic nitrogens is 1. The van der Waals surface area contributed by atoms with Gasteiger partial charge in [-0.2, -0.15) is 0 Å². The molecule has 1 aromatic carbocycles. The zero-order chi connectivity index (χ0) is 20.1. The largest absolute Gasteiger partial charge is 0.331 e. The standard InChI is InChI=1S/C16H13Cl2FN4OS.C2H6/c1-9-8-22(5-6-23(9)14(20)15-21-4-7-25-15)16(24)10-2-3-11(17)13(19)12(10)18;1-2/h2-4,7,20H,1,5-6,8H2;1-2H3. The highest BCUT2D eigenvalue weighted by molar-refractivity contribution is 7.11. The van der Waals surface area contributed by atoms with Crippen molar-refractivity contribution in [1.29, 1.82) is 5.41 Å². The summed E-state index contributed by atoms with van der Waals surface area (Å²) in [4.78, 5) is 20.0. The number of halogens is 3. The van der Waals surface area contributed by atoms with Crippen LogP contribution in [0.2, 0.25) is 10.0 Å². The van der Waals surface area contributed by atoms with Crippen molar-refractivity contribution >= 4 is 46.3 Å². The third kappa shape index (κ3) is 4.48. The number of benzene rings is 1. The third-order valence-electron chi connectivity index (χ3n) is 3.81. The zero-order valence-corrected chi connectivity index (χ0v) is 17.3. The SMILES string of the molecule is C=C1CN(C(=O)c2ccc(Cl)c(F)c2Cl)CCN1C(=N)c1nccs1.CC. The van der Waals surface area contributed by atoms with Crippen LogP contribution in [-0.4, -0.2) is 46.2 Å². The first-order chi connectivity index (χ1) is 12.9. The van der Waals surface area contributed by atoms with Crippen molar-refractivity contribution in [2.75, 3.05) is 19.6 Å². The number of amidine groups is 1. The predicted molar refractivity (Wildman–Crippen MR) is 108 cm³/mol. The average Bonchev–Trinajstić information content (AvgIpc) is 3.21. The van der Waals surface area contributed by atoms with E-state index in [1.54, 1.807) is 16.5 Å². The Morgan fingerprint density at radius 2 is 2.04 bits per heavy atom. The van der Waals surface area contributed by atoms with Crippen LogP contribution in [0.3, 0.4) is 0 Å². The van der Waals surface area contributed by atoms with Gasteiger partial charge in [0, 0.05) is 30.4 Å². The van der Waals surface area contributed by atoms with E-state index in [0.717, 1.165) is 0 Å². The molecule has 0 bridgehead atoms. The summed E-state index contributed by atoms with van der Waals surface area (Å²) in [6, 6.07) is 2.71.